The predicted molar refractivity (Wildman–Crippen MR) is 105 cm³/mol. The highest BCUT2D eigenvalue weighted by Crippen LogP contribution is 2.18. The SMILES string of the molecule is CN1CCN(C(=O)C(=O)Nc2ccc(OCc3ccc(Cl)cc3)cc2)CC1. The lowest BCUT2D eigenvalue weighted by Crippen LogP contribution is -2.50. The van der Waals surface area contributed by atoms with Gasteiger partial charge in [0.25, 0.3) is 0 Å². The summed E-state index contributed by atoms with van der Waals surface area (Å²) in [4.78, 5) is 28.1. The van der Waals surface area contributed by atoms with Gasteiger partial charge in [-0.25, -0.2) is 0 Å². The van der Waals surface area contributed by atoms with Gasteiger partial charge in [-0.1, -0.05) is 23.7 Å². The third-order valence-corrected chi connectivity index (χ3v) is 4.67. The Morgan fingerprint density at radius 2 is 1.63 bits per heavy atom. The van der Waals surface area contributed by atoms with E-state index in [0.29, 0.717) is 36.2 Å². The second-order valence-corrected chi connectivity index (χ2v) is 6.93. The molecule has 1 fully saturated rings. The van der Waals surface area contributed by atoms with Crippen molar-refractivity contribution in [3.8, 4) is 5.75 Å². The molecule has 7 heteroatoms. The molecule has 27 heavy (non-hydrogen) atoms. The van der Waals surface area contributed by atoms with Crippen LogP contribution < -0.4 is 10.1 Å². The Labute approximate surface area is 163 Å². The second kappa shape index (κ2) is 8.88. The van der Waals surface area contributed by atoms with Crippen molar-refractivity contribution in [3.05, 3.63) is 59.1 Å². The topological polar surface area (TPSA) is 61.9 Å². The van der Waals surface area contributed by atoms with Crippen LogP contribution in [-0.4, -0.2) is 54.8 Å². The summed E-state index contributed by atoms with van der Waals surface area (Å²) in [6.45, 7) is 3.11. The van der Waals surface area contributed by atoms with E-state index in [9.17, 15) is 9.59 Å². The molecule has 0 unspecified atom stereocenters. The summed E-state index contributed by atoms with van der Waals surface area (Å²) < 4.78 is 5.71. The summed E-state index contributed by atoms with van der Waals surface area (Å²) in [7, 11) is 2.00. The molecule has 0 aliphatic carbocycles. The van der Waals surface area contributed by atoms with Gasteiger partial charge in [0, 0.05) is 36.9 Å². The number of hydrogen-bond donors (Lipinski definition) is 1. The van der Waals surface area contributed by atoms with Crippen molar-refractivity contribution >= 4 is 29.1 Å². The standard InChI is InChI=1S/C20H22ClN3O3/c1-23-10-12-24(13-11-23)20(26)19(25)22-17-6-8-18(9-7-17)27-14-15-2-4-16(21)5-3-15/h2-9H,10-14H2,1H3,(H,22,25). The molecule has 0 saturated carbocycles. The fourth-order valence-electron chi connectivity index (χ4n) is 2.72. The van der Waals surface area contributed by atoms with Crippen LogP contribution in [0.5, 0.6) is 5.75 Å². The van der Waals surface area contributed by atoms with Gasteiger partial charge in [-0.2, -0.15) is 0 Å². The van der Waals surface area contributed by atoms with E-state index in [0.717, 1.165) is 18.7 Å². The van der Waals surface area contributed by atoms with Gasteiger partial charge < -0.3 is 19.9 Å². The van der Waals surface area contributed by atoms with Crippen molar-refractivity contribution in [2.75, 3.05) is 38.5 Å². The molecular formula is C20H22ClN3O3. The number of benzene rings is 2. The van der Waals surface area contributed by atoms with Gasteiger partial charge >= 0.3 is 11.8 Å². The summed E-state index contributed by atoms with van der Waals surface area (Å²) in [6, 6.07) is 14.4. The van der Waals surface area contributed by atoms with Crippen LogP contribution in [0.1, 0.15) is 5.56 Å². The third kappa shape index (κ3) is 5.45. The van der Waals surface area contributed by atoms with Crippen LogP contribution in [0, 0.1) is 0 Å². The van der Waals surface area contributed by atoms with Crippen LogP contribution in [0.15, 0.2) is 48.5 Å². The Balaban J connectivity index is 1.50. The average Bonchev–Trinajstić information content (AvgIpc) is 2.68. The molecule has 1 N–H and O–H groups in total. The average molecular weight is 388 g/mol. The first kappa shape index (κ1) is 19.2. The number of carbonyl (C=O) groups excluding carboxylic acids is 2. The Morgan fingerprint density at radius 1 is 1.00 bits per heavy atom. The van der Waals surface area contributed by atoms with Crippen LogP contribution in [0.3, 0.4) is 0 Å². The van der Waals surface area contributed by atoms with E-state index in [2.05, 4.69) is 10.2 Å². The Morgan fingerprint density at radius 3 is 2.26 bits per heavy atom. The molecule has 1 aliphatic rings. The number of hydrogen-bond acceptors (Lipinski definition) is 4. The molecule has 0 aromatic heterocycles. The molecule has 0 radical (unpaired) electrons. The molecule has 0 spiro atoms. The molecule has 2 amide bonds. The van der Waals surface area contributed by atoms with Gasteiger partial charge in [0.1, 0.15) is 12.4 Å². The van der Waals surface area contributed by atoms with E-state index in [1.54, 1.807) is 29.2 Å². The normalized spacial score (nSPS) is 14.7. The highest BCUT2D eigenvalue weighted by Gasteiger charge is 2.24. The lowest BCUT2D eigenvalue weighted by Gasteiger charge is -2.31. The fraction of sp³-hybridized carbons (Fsp3) is 0.300. The molecule has 1 heterocycles. The zero-order valence-corrected chi connectivity index (χ0v) is 15.9. The Kier molecular flexibility index (Phi) is 6.32. The number of anilines is 1. The van der Waals surface area contributed by atoms with E-state index < -0.39 is 11.8 Å². The number of amides is 2. The summed E-state index contributed by atoms with van der Waals surface area (Å²) >= 11 is 5.86. The lowest BCUT2D eigenvalue weighted by molar-refractivity contribution is -0.144. The van der Waals surface area contributed by atoms with Crippen molar-refractivity contribution in [2.45, 2.75) is 6.61 Å². The highest BCUT2D eigenvalue weighted by molar-refractivity contribution is 6.39. The maximum Gasteiger partial charge on any atom is 0.313 e. The minimum atomic E-state index is -0.616. The van der Waals surface area contributed by atoms with Crippen molar-refractivity contribution < 1.29 is 14.3 Å². The predicted octanol–water partition coefficient (Wildman–Crippen LogP) is 2.63. The fourth-order valence-corrected chi connectivity index (χ4v) is 2.85. The zero-order valence-electron chi connectivity index (χ0n) is 15.2. The number of rotatable bonds is 4. The molecule has 1 saturated heterocycles. The first-order valence-electron chi connectivity index (χ1n) is 8.77. The summed E-state index contributed by atoms with van der Waals surface area (Å²) in [5, 5.41) is 3.33. The molecule has 142 valence electrons. The number of ether oxygens (including phenoxy) is 1. The van der Waals surface area contributed by atoms with E-state index >= 15 is 0 Å². The molecule has 2 aromatic carbocycles. The quantitative estimate of drug-likeness (QED) is 0.819. The number of nitrogens with zero attached hydrogens (tertiary/aromatic N) is 2. The largest absolute Gasteiger partial charge is 0.489 e. The number of likely N-dealkylation sites (N-methyl/N-ethyl adjacent to an activating group) is 1. The van der Waals surface area contributed by atoms with Crippen molar-refractivity contribution in [2.24, 2.45) is 0 Å². The molecule has 0 atom stereocenters. The smallest absolute Gasteiger partial charge is 0.313 e. The molecule has 6 nitrogen and oxygen atoms in total. The van der Waals surface area contributed by atoms with Gasteiger partial charge in [0.15, 0.2) is 0 Å². The third-order valence-electron chi connectivity index (χ3n) is 4.42. The van der Waals surface area contributed by atoms with Crippen LogP contribution >= 0.6 is 11.6 Å². The summed E-state index contributed by atoms with van der Waals surface area (Å²) in [6.07, 6.45) is 0. The van der Waals surface area contributed by atoms with Crippen molar-refractivity contribution in [1.29, 1.82) is 0 Å². The molecule has 1 aliphatic heterocycles. The Bertz CT molecular complexity index is 785. The van der Waals surface area contributed by atoms with Crippen LogP contribution in [0.2, 0.25) is 5.02 Å². The van der Waals surface area contributed by atoms with E-state index in [1.807, 2.05) is 31.3 Å². The van der Waals surface area contributed by atoms with Crippen molar-refractivity contribution in [1.82, 2.24) is 9.80 Å². The first-order chi connectivity index (χ1) is 13.0. The van der Waals surface area contributed by atoms with Gasteiger partial charge in [-0.15, -0.1) is 0 Å². The number of halogens is 1. The minimum Gasteiger partial charge on any atom is -0.489 e. The zero-order chi connectivity index (χ0) is 19.2. The lowest BCUT2D eigenvalue weighted by atomic mass is 10.2. The van der Waals surface area contributed by atoms with Crippen LogP contribution in [0.25, 0.3) is 0 Å². The number of piperazine rings is 1. The van der Waals surface area contributed by atoms with E-state index in [1.165, 1.54) is 0 Å². The van der Waals surface area contributed by atoms with Gasteiger partial charge in [-0.05, 0) is 49.0 Å². The van der Waals surface area contributed by atoms with Gasteiger partial charge in [0.05, 0.1) is 0 Å². The van der Waals surface area contributed by atoms with Gasteiger partial charge in [-0.3, -0.25) is 9.59 Å². The Hall–Kier alpha value is -2.57. The van der Waals surface area contributed by atoms with Gasteiger partial charge in [0.2, 0.25) is 0 Å². The van der Waals surface area contributed by atoms with Crippen molar-refractivity contribution in [3.63, 3.8) is 0 Å². The molecule has 3 rings (SSSR count). The molecular weight excluding hydrogens is 366 g/mol. The number of carbonyl (C=O) groups is 2. The van der Waals surface area contributed by atoms with E-state index in [4.69, 9.17) is 16.3 Å². The number of nitrogens with one attached hydrogen (secondary N) is 1. The molecule has 0 bridgehead atoms. The van der Waals surface area contributed by atoms with Crippen LogP contribution in [0.4, 0.5) is 5.69 Å². The minimum absolute atomic E-state index is 0.421. The maximum absolute atomic E-state index is 12.2. The maximum atomic E-state index is 12.2. The van der Waals surface area contributed by atoms with Crippen LogP contribution in [-0.2, 0) is 16.2 Å². The summed E-state index contributed by atoms with van der Waals surface area (Å²) in [5.74, 6) is -0.436. The second-order valence-electron chi connectivity index (χ2n) is 6.49. The monoisotopic (exact) mass is 387 g/mol. The molecule has 2 aromatic rings. The highest BCUT2D eigenvalue weighted by atomic mass is 35.5. The first-order valence-corrected chi connectivity index (χ1v) is 9.15. The summed E-state index contributed by atoms with van der Waals surface area (Å²) in [5.41, 5.74) is 1.57. The van der Waals surface area contributed by atoms with E-state index in [-0.39, 0.29) is 0 Å².